The fraction of sp³-hybridized carbons (Fsp3) is 0.346. The van der Waals surface area contributed by atoms with Gasteiger partial charge in [0.15, 0.2) is 0 Å². The Morgan fingerprint density at radius 2 is 1.76 bits per heavy atom. The summed E-state index contributed by atoms with van der Waals surface area (Å²) in [5.74, 6) is 0.508. The number of amides is 2. The highest BCUT2D eigenvalue weighted by Gasteiger charge is 2.52. The summed E-state index contributed by atoms with van der Waals surface area (Å²) in [5, 5.41) is 5.37. The molecule has 3 aromatic rings. The number of likely N-dealkylation sites (tertiary alicyclic amines) is 1. The van der Waals surface area contributed by atoms with Gasteiger partial charge in [0.05, 0.1) is 23.5 Å². The number of halogens is 1. The molecular weight excluding hydrogens is 436 g/mol. The number of hydrogen-bond acceptors (Lipinski definition) is 3. The normalized spacial score (nSPS) is 22.2. The number of hydrogen-bond donors (Lipinski definition) is 0. The first-order valence-electron chi connectivity index (χ1n) is 11.6. The highest BCUT2D eigenvalue weighted by atomic mass is 35.5. The lowest BCUT2D eigenvalue weighted by molar-refractivity contribution is 0.0579. The summed E-state index contributed by atoms with van der Waals surface area (Å²) in [6.07, 6.45) is 3.05. The van der Waals surface area contributed by atoms with Crippen LogP contribution in [0.15, 0.2) is 54.6 Å². The average Bonchev–Trinajstić information content (AvgIpc) is 3.33. The Balaban J connectivity index is 1.31. The van der Waals surface area contributed by atoms with Crippen molar-refractivity contribution in [2.24, 2.45) is 5.92 Å². The standard InChI is InChI=1S/C26H25ClN4O2/c1-16-22-23(17-7-8-17)30(26(33)24(22)31(28-16)20-5-3-2-4-6-20)21-13-14-29(15-21)25(32)18-9-11-19(27)12-10-18/h2-6,9-12,17,21,23H,7-8,13-15H2,1H3. The van der Waals surface area contributed by atoms with Gasteiger partial charge in [-0.1, -0.05) is 29.8 Å². The van der Waals surface area contributed by atoms with E-state index in [0.717, 1.165) is 36.2 Å². The van der Waals surface area contributed by atoms with Gasteiger partial charge in [-0.25, -0.2) is 4.68 Å². The Labute approximate surface area is 197 Å². The van der Waals surface area contributed by atoms with Crippen LogP contribution in [0.1, 0.15) is 57.4 Å². The van der Waals surface area contributed by atoms with Crippen molar-refractivity contribution in [3.8, 4) is 5.69 Å². The molecule has 1 aliphatic carbocycles. The van der Waals surface area contributed by atoms with Crippen LogP contribution >= 0.6 is 11.6 Å². The maximum atomic E-state index is 13.9. The summed E-state index contributed by atoms with van der Waals surface area (Å²) in [5.41, 5.74) is 4.23. The van der Waals surface area contributed by atoms with Crippen molar-refractivity contribution in [2.45, 2.75) is 38.3 Å². The lowest BCUT2D eigenvalue weighted by Gasteiger charge is -2.31. The van der Waals surface area contributed by atoms with Crippen molar-refractivity contribution in [2.75, 3.05) is 13.1 Å². The van der Waals surface area contributed by atoms with E-state index in [9.17, 15) is 9.59 Å². The Morgan fingerprint density at radius 3 is 2.45 bits per heavy atom. The molecule has 6 nitrogen and oxygen atoms in total. The molecular formula is C26H25ClN4O2. The number of carbonyl (C=O) groups is 2. The first kappa shape index (κ1) is 20.5. The molecule has 0 radical (unpaired) electrons. The van der Waals surface area contributed by atoms with E-state index in [2.05, 4.69) is 4.90 Å². The fourth-order valence-electron chi connectivity index (χ4n) is 5.44. The van der Waals surface area contributed by atoms with E-state index in [1.807, 2.05) is 46.8 Å². The Hall–Kier alpha value is -3.12. The van der Waals surface area contributed by atoms with E-state index in [4.69, 9.17) is 16.7 Å². The lowest BCUT2D eigenvalue weighted by atomic mass is 10.0. The summed E-state index contributed by atoms with van der Waals surface area (Å²) in [7, 11) is 0. The Kier molecular flexibility index (Phi) is 4.80. The smallest absolute Gasteiger partial charge is 0.273 e. The molecule has 2 unspecified atom stereocenters. The number of nitrogens with zero attached hydrogens (tertiary/aromatic N) is 4. The molecule has 0 bridgehead atoms. The molecule has 2 aromatic carbocycles. The van der Waals surface area contributed by atoms with Gasteiger partial charge in [-0.2, -0.15) is 5.10 Å². The third-order valence-corrected chi connectivity index (χ3v) is 7.40. The second-order valence-electron chi connectivity index (χ2n) is 9.29. The highest BCUT2D eigenvalue weighted by molar-refractivity contribution is 6.30. The third-order valence-electron chi connectivity index (χ3n) is 7.14. The SMILES string of the molecule is Cc1nn(-c2ccccc2)c2c1C(C1CC1)N(C1CCN(C(=O)c3ccc(Cl)cc3)C1)C2=O. The van der Waals surface area contributed by atoms with Crippen LogP contribution < -0.4 is 0 Å². The van der Waals surface area contributed by atoms with Gasteiger partial charge in [-0.05, 0) is 68.5 Å². The van der Waals surface area contributed by atoms with Gasteiger partial charge in [-0.15, -0.1) is 0 Å². The predicted molar refractivity (Wildman–Crippen MR) is 126 cm³/mol. The molecule has 2 fully saturated rings. The summed E-state index contributed by atoms with van der Waals surface area (Å²) in [6, 6.07) is 16.9. The van der Waals surface area contributed by atoms with Crippen LogP contribution in [0.25, 0.3) is 5.69 Å². The molecule has 6 rings (SSSR count). The monoisotopic (exact) mass is 460 g/mol. The zero-order chi connectivity index (χ0) is 22.7. The van der Waals surface area contributed by atoms with Crippen LogP contribution in [0.5, 0.6) is 0 Å². The van der Waals surface area contributed by atoms with Crippen molar-refractivity contribution in [3.05, 3.63) is 82.1 Å². The minimum Gasteiger partial charge on any atom is -0.337 e. The van der Waals surface area contributed by atoms with E-state index >= 15 is 0 Å². The molecule has 0 N–H and O–H groups in total. The number of rotatable bonds is 4. The first-order chi connectivity index (χ1) is 16.0. The number of aromatic nitrogens is 2. The van der Waals surface area contributed by atoms with Crippen molar-refractivity contribution in [1.29, 1.82) is 0 Å². The molecule has 2 amide bonds. The van der Waals surface area contributed by atoms with Crippen LogP contribution in [-0.2, 0) is 0 Å². The molecule has 3 aliphatic rings. The fourth-order valence-corrected chi connectivity index (χ4v) is 5.57. The quantitative estimate of drug-likeness (QED) is 0.569. The maximum Gasteiger partial charge on any atom is 0.273 e. The van der Waals surface area contributed by atoms with Gasteiger partial charge in [0.2, 0.25) is 0 Å². The van der Waals surface area contributed by atoms with Crippen LogP contribution in [0.3, 0.4) is 0 Å². The summed E-state index contributed by atoms with van der Waals surface area (Å²) in [6.45, 7) is 3.21. The van der Waals surface area contributed by atoms with Crippen molar-refractivity contribution < 1.29 is 9.59 Å². The zero-order valence-electron chi connectivity index (χ0n) is 18.4. The van der Waals surface area contributed by atoms with Gasteiger partial charge in [0.1, 0.15) is 5.69 Å². The third kappa shape index (κ3) is 3.35. The van der Waals surface area contributed by atoms with Crippen molar-refractivity contribution >= 4 is 23.4 Å². The maximum absolute atomic E-state index is 13.9. The van der Waals surface area contributed by atoms with Crippen LogP contribution in [-0.4, -0.2) is 50.5 Å². The summed E-state index contributed by atoms with van der Waals surface area (Å²) < 4.78 is 1.81. The van der Waals surface area contributed by atoms with Crippen molar-refractivity contribution in [3.63, 3.8) is 0 Å². The molecule has 7 heteroatoms. The first-order valence-corrected chi connectivity index (χ1v) is 11.9. The molecule has 1 saturated heterocycles. The topological polar surface area (TPSA) is 58.4 Å². The van der Waals surface area contributed by atoms with Gasteiger partial charge >= 0.3 is 0 Å². The van der Waals surface area contributed by atoms with E-state index in [1.165, 1.54) is 0 Å². The van der Waals surface area contributed by atoms with Crippen LogP contribution in [0.2, 0.25) is 5.02 Å². The second-order valence-corrected chi connectivity index (χ2v) is 9.73. The number of benzene rings is 2. The average molecular weight is 461 g/mol. The minimum atomic E-state index is -0.00654. The number of fused-ring (bicyclic) bond motifs is 1. The molecule has 3 heterocycles. The molecule has 1 aromatic heterocycles. The Morgan fingerprint density at radius 1 is 1.03 bits per heavy atom. The van der Waals surface area contributed by atoms with Crippen LogP contribution in [0.4, 0.5) is 0 Å². The number of aryl methyl sites for hydroxylation is 1. The second kappa shape index (κ2) is 7.73. The van der Waals surface area contributed by atoms with E-state index in [-0.39, 0.29) is 23.9 Å². The van der Waals surface area contributed by atoms with Gasteiger partial charge < -0.3 is 9.80 Å². The molecule has 1 saturated carbocycles. The van der Waals surface area contributed by atoms with E-state index in [0.29, 0.717) is 35.3 Å². The predicted octanol–water partition coefficient (Wildman–Crippen LogP) is 4.66. The molecule has 2 aliphatic heterocycles. The van der Waals surface area contributed by atoms with Gasteiger partial charge in [-0.3, -0.25) is 9.59 Å². The molecule has 2 atom stereocenters. The highest BCUT2D eigenvalue weighted by Crippen LogP contribution is 2.52. The Bertz CT molecular complexity index is 1230. The molecule has 0 spiro atoms. The van der Waals surface area contributed by atoms with E-state index in [1.54, 1.807) is 24.3 Å². The summed E-state index contributed by atoms with van der Waals surface area (Å²) in [4.78, 5) is 30.9. The number of carbonyl (C=O) groups excluding carboxylic acids is 2. The van der Waals surface area contributed by atoms with Gasteiger partial charge in [0, 0.05) is 29.2 Å². The van der Waals surface area contributed by atoms with Crippen LogP contribution in [0, 0.1) is 12.8 Å². The van der Waals surface area contributed by atoms with E-state index < -0.39 is 0 Å². The lowest BCUT2D eigenvalue weighted by Crippen LogP contribution is -2.42. The zero-order valence-corrected chi connectivity index (χ0v) is 19.2. The van der Waals surface area contributed by atoms with Gasteiger partial charge in [0.25, 0.3) is 11.8 Å². The largest absolute Gasteiger partial charge is 0.337 e. The summed E-state index contributed by atoms with van der Waals surface area (Å²) >= 11 is 5.98. The van der Waals surface area contributed by atoms with Crippen molar-refractivity contribution in [1.82, 2.24) is 19.6 Å². The minimum absolute atomic E-state index is 0.00654. The number of para-hydroxylation sites is 1. The molecule has 168 valence electrons. The molecule has 33 heavy (non-hydrogen) atoms.